The number of hydrogen-bond donors (Lipinski definition) is 1. The summed E-state index contributed by atoms with van der Waals surface area (Å²) in [7, 11) is 0. The standard InChI is InChI=1S/C24H25NO5/c1-4-29-17-8-5-7-16(13-17)20-19-21(27)18-12-14(2)11-15(3)22(18)30-23(19)24(28)25(20)9-6-10-26/h5,7-8,11-13,20,26H,4,6,9-10H2,1-3H3/t20-/m0/s1. The number of hydrogen-bond acceptors (Lipinski definition) is 5. The molecule has 2 heterocycles. The van der Waals surface area contributed by atoms with Gasteiger partial charge in [0.2, 0.25) is 5.76 Å². The average molecular weight is 407 g/mol. The summed E-state index contributed by atoms with van der Waals surface area (Å²) in [5.74, 6) is 0.434. The van der Waals surface area contributed by atoms with Gasteiger partial charge < -0.3 is 19.2 Å². The Morgan fingerprint density at radius 3 is 2.70 bits per heavy atom. The van der Waals surface area contributed by atoms with Crippen molar-refractivity contribution in [2.45, 2.75) is 33.2 Å². The van der Waals surface area contributed by atoms with Crippen molar-refractivity contribution >= 4 is 16.9 Å². The summed E-state index contributed by atoms with van der Waals surface area (Å²) in [6, 6.07) is 10.6. The molecule has 0 bridgehead atoms. The lowest BCUT2D eigenvalue weighted by molar-refractivity contribution is 0.0716. The van der Waals surface area contributed by atoms with E-state index in [1.807, 2.05) is 57.2 Å². The highest BCUT2D eigenvalue weighted by molar-refractivity contribution is 5.99. The third-order valence-corrected chi connectivity index (χ3v) is 5.44. The van der Waals surface area contributed by atoms with Crippen molar-refractivity contribution in [3.05, 3.63) is 74.6 Å². The molecule has 1 aliphatic rings. The van der Waals surface area contributed by atoms with Crippen LogP contribution in [0.25, 0.3) is 11.0 Å². The third kappa shape index (κ3) is 3.27. The van der Waals surface area contributed by atoms with E-state index < -0.39 is 6.04 Å². The second-order valence-corrected chi connectivity index (χ2v) is 7.62. The van der Waals surface area contributed by atoms with E-state index in [1.54, 1.807) is 4.90 Å². The Labute approximate surface area is 174 Å². The van der Waals surface area contributed by atoms with Gasteiger partial charge >= 0.3 is 0 Å². The first-order valence-corrected chi connectivity index (χ1v) is 10.2. The highest BCUT2D eigenvalue weighted by Gasteiger charge is 2.42. The van der Waals surface area contributed by atoms with Gasteiger partial charge in [0, 0.05) is 13.2 Å². The van der Waals surface area contributed by atoms with Crippen LogP contribution in [0.15, 0.2) is 45.6 Å². The molecule has 156 valence electrons. The lowest BCUT2D eigenvalue weighted by atomic mass is 9.97. The fourth-order valence-electron chi connectivity index (χ4n) is 4.23. The topological polar surface area (TPSA) is 80.0 Å². The molecule has 3 aromatic rings. The van der Waals surface area contributed by atoms with E-state index >= 15 is 0 Å². The molecule has 0 radical (unpaired) electrons. The minimum atomic E-state index is -0.582. The molecule has 6 nitrogen and oxygen atoms in total. The minimum absolute atomic E-state index is 0.0481. The lowest BCUT2D eigenvalue weighted by Crippen LogP contribution is -2.31. The minimum Gasteiger partial charge on any atom is -0.494 e. The largest absolute Gasteiger partial charge is 0.494 e. The number of fused-ring (bicyclic) bond motifs is 2. The number of ether oxygens (including phenoxy) is 1. The van der Waals surface area contributed by atoms with E-state index in [0.717, 1.165) is 16.7 Å². The summed E-state index contributed by atoms with van der Waals surface area (Å²) in [5.41, 5.74) is 3.17. The summed E-state index contributed by atoms with van der Waals surface area (Å²) >= 11 is 0. The maximum Gasteiger partial charge on any atom is 0.290 e. The monoisotopic (exact) mass is 407 g/mol. The highest BCUT2D eigenvalue weighted by atomic mass is 16.5. The first-order chi connectivity index (χ1) is 14.5. The maximum atomic E-state index is 13.6. The van der Waals surface area contributed by atoms with Gasteiger partial charge in [-0.3, -0.25) is 9.59 Å². The van der Waals surface area contributed by atoms with Crippen LogP contribution in [0.1, 0.15) is 52.2 Å². The average Bonchev–Trinajstić information content (AvgIpc) is 3.00. The summed E-state index contributed by atoms with van der Waals surface area (Å²) in [6.45, 7) is 6.49. The predicted octanol–water partition coefficient (Wildman–Crippen LogP) is 3.74. The Morgan fingerprint density at radius 2 is 1.97 bits per heavy atom. The van der Waals surface area contributed by atoms with Gasteiger partial charge in [0.05, 0.1) is 23.6 Å². The van der Waals surface area contributed by atoms with Gasteiger partial charge in [-0.25, -0.2) is 0 Å². The van der Waals surface area contributed by atoms with Crippen LogP contribution in [0.5, 0.6) is 5.75 Å². The smallest absolute Gasteiger partial charge is 0.290 e. The fraction of sp³-hybridized carbons (Fsp3) is 0.333. The van der Waals surface area contributed by atoms with Crippen LogP contribution >= 0.6 is 0 Å². The SMILES string of the molecule is CCOc1cccc([C@H]2c3c(oc4c(C)cc(C)cc4c3=O)C(=O)N2CCCO)c1. The number of nitrogens with zero attached hydrogens (tertiary/aromatic N) is 1. The third-order valence-electron chi connectivity index (χ3n) is 5.44. The Hall–Kier alpha value is -3.12. The van der Waals surface area contributed by atoms with Gasteiger partial charge in [0.25, 0.3) is 5.91 Å². The number of benzene rings is 2. The molecule has 1 N–H and O–H groups in total. The quantitative estimate of drug-likeness (QED) is 0.673. The van der Waals surface area contributed by atoms with Crippen LogP contribution in [-0.2, 0) is 0 Å². The fourth-order valence-corrected chi connectivity index (χ4v) is 4.23. The summed E-state index contributed by atoms with van der Waals surface area (Å²) in [4.78, 5) is 28.4. The summed E-state index contributed by atoms with van der Waals surface area (Å²) in [6.07, 6.45) is 0.410. The summed E-state index contributed by atoms with van der Waals surface area (Å²) in [5, 5.41) is 9.81. The van der Waals surface area contributed by atoms with Crippen molar-refractivity contribution < 1.29 is 19.1 Å². The van der Waals surface area contributed by atoms with Gasteiger partial charge in [-0.1, -0.05) is 18.2 Å². The predicted molar refractivity (Wildman–Crippen MR) is 114 cm³/mol. The van der Waals surface area contributed by atoms with Crippen LogP contribution in [-0.4, -0.2) is 35.7 Å². The van der Waals surface area contributed by atoms with Gasteiger partial charge in [-0.2, -0.15) is 0 Å². The van der Waals surface area contributed by atoms with Crippen molar-refractivity contribution in [2.24, 2.45) is 0 Å². The van der Waals surface area contributed by atoms with Gasteiger partial charge in [-0.15, -0.1) is 0 Å². The Balaban J connectivity index is 1.97. The van der Waals surface area contributed by atoms with E-state index in [2.05, 4.69) is 0 Å². The first-order valence-electron chi connectivity index (χ1n) is 10.2. The number of amides is 1. The Morgan fingerprint density at radius 1 is 1.17 bits per heavy atom. The van der Waals surface area contributed by atoms with E-state index in [9.17, 15) is 14.7 Å². The number of rotatable bonds is 6. The molecule has 1 aromatic heterocycles. The van der Waals surface area contributed by atoms with E-state index in [-0.39, 0.29) is 23.7 Å². The zero-order valence-corrected chi connectivity index (χ0v) is 17.4. The maximum absolute atomic E-state index is 13.6. The van der Waals surface area contributed by atoms with Crippen LogP contribution in [0.2, 0.25) is 0 Å². The van der Waals surface area contributed by atoms with Crippen molar-refractivity contribution in [2.75, 3.05) is 19.8 Å². The second kappa shape index (κ2) is 7.95. The number of aryl methyl sites for hydroxylation is 2. The van der Waals surface area contributed by atoms with Crippen molar-refractivity contribution in [1.29, 1.82) is 0 Å². The van der Waals surface area contributed by atoms with Crippen LogP contribution in [0, 0.1) is 13.8 Å². The molecule has 1 aliphatic heterocycles. The number of aliphatic hydroxyl groups is 1. The van der Waals surface area contributed by atoms with E-state index in [4.69, 9.17) is 9.15 Å². The van der Waals surface area contributed by atoms with Gasteiger partial charge in [0.15, 0.2) is 5.43 Å². The van der Waals surface area contributed by atoms with Crippen LogP contribution in [0.4, 0.5) is 0 Å². The molecule has 1 atom stereocenters. The normalized spacial score (nSPS) is 15.7. The zero-order valence-electron chi connectivity index (χ0n) is 17.4. The number of carbonyl (C=O) groups excluding carboxylic acids is 1. The van der Waals surface area contributed by atoms with Gasteiger partial charge in [0.1, 0.15) is 11.3 Å². The van der Waals surface area contributed by atoms with Gasteiger partial charge in [-0.05, 0) is 62.1 Å². The lowest BCUT2D eigenvalue weighted by Gasteiger charge is -2.25. The molecule has 0 aliphatic carbocycles. The Bertz CT molecular complexity index is 1180. The molecule has 0 saturated carbocycles. The molecule has 0 unspecified atom stereocenters. The highest BCUT2D eigenvalue weighted by Crippen LogP contribution is 2.39. The molecule has 30 heavy (non-hydrogen) atoms. The van der Waals surface area contributed by atoms with Crippen molar-refractivity contribution in [3.63, 3.8) is 0 Å². The molecule has 2 aromatic carbocycles. The molecular formula is C24H25NO5. The zero-order chi connectivity index (χ0) is 21.4. The second-order valence-electron chi connectivity index (χ2n) is 7.62. The van der Waals surface area contributed by atoms with E-state index in [0.29, 0.717) is 41.9 Å². The number of carbonyl (C=O) groups is 1. The molecule has 0 fully saturated rings. The Kier molecular flexibility index (Phi) is 5.35. The van der Waals surface area contributed by atoms with E-state index in [1.165, 1.54) is 0 Å². The van der Waals surface area contributed by atoms with Crippen LogP contribution < -0.4 is 10.2 Å². The van der Waals surface area contributed by atoms with Crippen molar-refractivity contribution in [3.8, 4) is 5.75 Å². The molecular weight excluding hydrogens is 382 g/mol. The van der Waals surface area contributed by atoms with Crippen LogP contribution in [0.3, 0.4) is 0 Å². The van der Waals surface area contributed by atoms with Crippen molar-refractivity contribution in [1.82, 2.24) is 4.90 Å². The molecule has 0 saturated heterocycles. The first kappa shape index (κ1) is 20.2. The molecule has 1 amide bonds. The number of aliphatic hydroxyl groups excluding tert-OH is 1. The molecule has 4 rings (SSSR count). The molecule has 0 spiro atoms. The summed E-state index contributed by atoms with van der Waals surface area (Å²) < 4.78 is 11.7. The molecule has 6 heteroatoms.